The van der Waals surface area contributed by atoms with Gasteiger partial charge < -0.3 is 5.32 Å². The van der Waals surface area contributed by atoms with Crippen molar-refractivity contribution in [3.63, 3.8) is 0 Å². The molecule has 2 heterocycles. The average molecular weight is 358 g/mol. The first-order valence-corrected chi connectivity index (χ1v) is 8.41. The Morgan fingerprint density at radius 3 is 2.78 bits per heavy atom. The summed E-state index contributed by atoms with van der Waals surface area (Å²) in [4.78, 5) is 4.03. The zero-order valence-electron chi connectivity index (χ0n) is 12.2. The SMILES string of the molecule is Cl.O=S(=O)(c1cccc(F)c1)N1CCNCC1c1cccnc1. The van der Waals surface area contributed by atoms with Crippen molar-refractivity contribution in [3.8, 4) is 0 Å². The molecule has 124 valence electrons. The van der Waals surface area contributed by atoms with E-state index in [2.05, 4.69) is 10.3 Å². The Labute approximate surface area is 141 Å². The molecule has 0 radical (unpaired) electrons. The first kappa shape index (κ1) is 17.8. The van der Waals surface area contributed by atoms with Crippen molar-refractivity contribution in [1.29, 1.82) is 0 Å². The van der Waals surface area contributed by atoms with E-state index < -0.39 is 15.8 Å². The minimum atomic E-state index is -3.76. The van der Waals surface area contributed by atoms with Crippen molar-refractivity contribution >= 4 is 22.4 Å². The molecule has 0 amide bonds. The maximum atomic E-state index is 13.4. The topological polar surface area (TPSA) is 62.3 Å². The molecule has 0 bridgehead atoms. The van der Waals surface area contributed by atoms with Crippen LogP contribution in [0.5, 0.6) is 0 Å². The summed E-state index contributed by atoms with van der Waals surface area (Å²) in [6, 6.07) is 8.38. The molecule has 0 spiro atoms. The number of halogens is 2. The van der Waals surface area contributed by atoms with Crippen LogP contribution in [0.2, 0.25) is 0 Å². The summed E-state index contributed by atoms with van der Waals surface area (Å²) in [5, 5.41) is 3.19. The van der Waals surface area contributed by atoms with Crippen molar-refractivity contribution in [1.82, 2.24) is 14.6 Å². The second-order valence-corrected chi connectivity index (χ2v) is 6.97. The standard InChI is InChI=1S/C15H16FN3O2S.ClH/c16-13-4-1-5-14(9-13)22(20,21)19-8-7-18-11-15(19)12-3-2-6-17-10-12;/h1-6,9-10,15,18H,7-8,11H2;1H. The molecule has 1 aliphatic rings. The lowest BCUT2D eigenvalue weighted by molar-refractivity contribution is 0.271. The summed E-state index contributed by atoms with van der Waals surface area (Å²) in [5.41, 5.74) is 0.815. The van der Waals surface area contributed by atoms with Gasteiger partial charge in [0, 0.05) is 32.0 Å². The Balaban J connectivity index is 0.00000192. The van der Waals surface area contributed by atoms with Crippen molar-refractivity contribution in [2.24, 2.45) is 0 Å². The molecule has 1 N–H and O–H groups in total. The third kappa shape index (κ3) is 3.69. The van der Waals surface area contributed by atoms with Gasteiger partial charge in [-0.1, -0.05) is 12.1 Å². The lowest BCUT2D eigenvalue weighted by Gasteiger charge is -2.35. The smallest absolute Gasteiger partial charge is 0.243 e. The second kappa shape index (κ2) is 7.35. The summed E-state index contributed by atoms with van der Waals surface area (Å²) in [7, 11) is -3.76. The molecular formula is C15H17ClFN3O2S. The minimum Gasteiger partial charge on any atom is -0.313 e. The molecule has 23 heavy (non-hydrogen) atoms. The van der Waals surface area contributed by atoms with E-state index in [1.807, 2.05) is 6.07 Å². The Bertz CT molecular complexity index is 758. The van der Waals surface area contributed by atoms with Crippen LogP contribution in [0.4, 0.5) is 4.39 Å². The molecule has 1 aromatic carbocycles. The van der Waals surface area contributed by atoms with E-state index in [1.54, 1.807) is 18.5 Å². The zero-order chi connectivity index (χ0) is 15.6. The van der Waals surface area contributed by atoms with Crippen molar-refractivity contribution in [3.05, 3.63) is 60.2 Å². The van der Waals surface area contributed by atoms with E-state index in [0.29, 0.717) is 19.6 Å². The predicted molar refractivity (Wildman–Crippen MR) is 87.4 cm³/mol. The van der Waals surface area contributed by atoms with E-state index in [0.717, 1.165) is 11.6 Å². The van der Waals surface area contributed by atoms with E-state index in [-0.39, 0.29) is 23.3 Å². The van der Waals surface area contributed by atoms with Gasteiger partial charge >= 0.3 is 0 Å². The second-order valence-electron chi connectivity index (χ2n) is 5.08. The number of rotatable bonds is 3. The summed E-state index contributed by atoms with van der Waals surface area (Å²) < 4.78 is 40.5. The largest absolute Gasteiger partial charge is 0.313 e. The van der Waals surface area contributed by atoms with Gasteiger partial charge in [0.1, 0.15) is 5.82 Å². The van der Waals surface area contributed by atoms with Crippen LogP contribution >= 0.6 is 12.4 Å². The summed E-state index contributed by atoms with van der Waals surface area (Å²) in [6.07, 6.45) is 3.30. The highest BCUT2D eigenvalue weighted by atomic mass is 35.5. The van der Waals surface area contributed by atoms with Crippen LogP contribution in [0.15, 0.2) is 53.7 Å². The monoisotopic (exact) mass is 357 g/mol. The maximum absolute atomic E-state index is 13.4. The van der Waals surface area contributed by atoms with Gasteiger partial charge in [-0.15, -0.1) is 12.4 Å². The molecule has 1 aromatic heterocycles. The van der Waals surface area contributed by atoms with Crippen LogP contribution in [0.1, 0.15) is 11.6 Å². The van der Waals surface area contributed by atoms with Crippen LogP contribution in [0.3, 0.4) is 0 Å². The Hall–Kier alpha value is -1.54. The molecule has 0 aliphatic carbocycles. The number of nitrogens with zero attached hydrogens (tertiary/aromatic N) is 2. The number of piperazine rings is 1. The van der Waals surface area contributed by atoms with Gasteiger partial charge in [-0.2, -0.15) is 4.31 Å². The highest BCUT2D eigenvalue weighted by Gasteiger charge is 2.34. The van der Waals surface area contributed by atoms with Gasteiger partial charge in [-0.05, 0) is 29.8 Å². The molecule has 8 heteroatoms. The van der Waals surface area contributed by atoms with E-state index >= 15 is 0 Å². The minimum absolute atomic E-state index is 0. The lowest BCUT2D eigenvalue weighted by Crippen LogP contribution is -2.48. The molecule has 1 aliphatic heterocycles. The van der Waals surface area contributed by atoms with E-state index in [9.17, 15) is 12.8 Å². The van der Waals surface area contributed by atoms with E-state index in [1.165, 1.54) is 22.5 Å². The molecule has 1 saturated heterocycles. The number of pyridine rings is 1. The van der Waals surface area contributed by atoms with Gasteiger partial charge in [0.25, 0.3) is 0 Å². The van der Waals surface area contributed by atoms with Gasteiger partial charge in [0.15, 0.2) is 0 Å². The average Bonchev–Trinajstić information content (AvgIpc) is 2.56. The highest BCUT2D eigenvalue weighted by Crippen LogP contribution is 2.28. The fraction of sp³-hybridized carbons (Fsp3) is 0.267. The van der Waals surface area contributed by atoms with Gasteiger partial charge in [0.2, 0.25) is 10.0 Å². The molecule has 3 rings (SSSR count). The number of sulfonamides is 1. The van der Waals surface area contributed by atoms with Gasteiger partial charge in [-0.25, -0.2) is 12.8 Å². The molecular weight excluding hydrogens is 341 g/mol. The normalized spacial score (nSPS) is 19.1. The number of hydrogen-bond acceptors (Lipinski definition) is 4. The summed E-state index contributed by atoms with van der Waals surface area (Å²) in [6.45, 7) is 1.39. The van der Waals surface area contributed by atoms with Crippen LogP contribution < -0.4 is 5.32 Å². The zero-order valence-corrected chi connectivity index (χ0v) is 13.9. The van der Waals surface area contributed by atoms with E-state index in [4.69, 9.17) is 0 Å². The number of aromatic nitrogens is 1. The van der Waals surface area contributed by atoms with Crippen LogP contribution in [-0.4, -0.2) is 37.3 Å². The van der Waals surface area contributed by atoms with Crippen LogP contribution in [0.25, 0.3) is 0 Å². The van der Waals surface area contributed by atoms with Gasteiger partial charge in [-0.3, -0.25) is 4.98 Å². The Kier molecular flexibility index (Phi) is 5.69. The molecule has 2 aromatic rings. The number of hydrogen-bond donors (Lipinski definition) is 1. The third-order valence-electron chi connectivity index (χ3n) is 3.67. The maximum Gasteiger partial charge on any atom is 0.243 e. The van der Waals surface area contributed by atoms with Crippen molar-refractivity contribution in [2.75, 3.05) is 19.6 Å². The summed E-state index contributed by atoms with van der Waals surface area (Å²) in [5.74, 6) is -0.561. The third-order valence-corrected chi connectivity index (χ3v) is 5.57. The highest BCUT2D eigenvalue weighted by molar-refractivity contribution is 7.89. The number of benzene rings is 1. The van der Waals surface area contributed by atoms with Crippen molar-refractivity contribution < 1.29 is 12.8 Å². The Morgan fingerprint density at radius 1 is 1.26 bits per heavy atom. The number of nitrogens with one attached hydrogen (secondary N) is 1. The molecule has 1 unspecified atom stereocenters. The molecule has 5 nitrogen and oxygen atoms in total. The Morgan fingerprint density at radius 2 is 2.09 bits per heavy atom. The molecule has 0 saturated carbocycles. The predicted octanol–water partition coefficient (Wildman–Crippen LogP) is 1.98. The molecule has 1 fully saturated rings. The van der Waals surface area contributed by atoms with Gasteiger partial charge in [0.05, 0.1) is 10.9 Å². The first-order chi connectivity index (χ1) is 10.6. The fourth-order valence-corrected chi connectivity index (χ4v) is 4.24. The van der Waals surface area contributed by atoms with Crippen molar-refractivity contribution in [2.45, 2.75) is 10.9 Å². The molecule has 1 atom stereocenters. The lowest BCUT2D eigenvalue weighted by atomic mass is 10.1. The van der Waals surface area contributed by atoms with Crippen LogP contribution in [-0.2, 0) is 10.0 Å². The summed E-state index contributed by atoms with van der Waals surface area (Å²) >= 11 is 0. The first-order valence-electron chi connectivity index (χ1n) is 6.97. The quantitative estimate of drug-likeness (QED) is 0.912. The van der Waals surface area contributed by atoms with Crippen LogP contribution in [0, 0.1) is 5.82 Å². The fourth-order valence-electron chi connectivity index (χ4n) is 2.59.